The third kappa shape index (κ3) is 2.99. The highest BCUT2D eigenvalue weighted by Gasteiger charge is 2.20. The van der Waals surface area contributed by atoms with Crippen molar-refractivity contribution in [3.63, 3.8) is 0 Å². The van der Waals surface area contributed by atoms with E-state index in [0.717, 1.165) is 12.8 Å². The zero-order valence-corrected chi connectivity index (χ0v) is 8.40. The maximum absolute atomic E-state index is 8.65. The molecule has 1 heterocycles. The lowest BCUT2D eigenvalue weighted by molar-refractivity contribution is 0.289. The van der Waals surface area contributed by atoms with Gasteiger partial charge in [-0.25, -0.2) is 0 Å². The fourth-order valence-corrected chi connectivity index (χ4v) is 2.21. The van der Waals surface area contributed by atoms with E-state index in [2.05, 4.69) is 18.8 Å². The SMILES string of the molecule is CC1(C)C=NC=C(CCCO)S1. The number of aliphatic imine (C=N–C) groups is 1. The summed E-state index contributed by atoms with van der Waals surface area (Å²) in [6.07, 6.45) is 5.64. The Morgan fingerprint density at radius 2 is 2.33 bits per heavy atom. The van der Waals surface area contributed by atoms with Gasteiger partial charge in [0.15, 0.2) is 0 Å². The molecule has 1 aliphatic rings. The van der Waals surface area contributed by atoms with Crippen molar-refractivity contribution >= 4 is 18.0 Å². The van der Waals surface area contributed by atoms with E-state index in [-0.39, 0.29) is 11.4 Å². The van der Waals surface area contributed by atoms with E-state index in [0.29, 0.717) is 0 Å². The minimum Gasteiger partial charge on any atom is -0.396 e. The second-order valence-electron chi connectivity index (χ2n) is 3.41. The van der Waals surface area contributed by atoms with Gasteiger partial charge in [-0.2, -0.15) is 0 Å². The van der Waals surface area contributed by atoms with Crippen LogP contribution in [0.5, 0.6) is 0 Å². The van der Waals surface area contributed by atoms with E-state index in [1.807, 2.05) is 24.2 Å². The number of hydrogen-bond acceptors (Lipinski definition) is 3. The standard InChI is InChI=1S/C9H15NOS/c1-9(2)7-10-6-8(12-9)4-3-5-11/h6-7,11H,3-5H2,1-2H3. The summed E-state index contributed by atoms with van der Waals surface area (Å²) in [6, 6.07) is 0. The van der Waals surface area contributed by atoms with Crippen LogP contribution in [0.1, 0.15) is 26.7 Å². The molecule has 0 amide bonds. The number of aliphatic hydroxyl groups excluding tert-OH is 1. The van der Waals surface area contributed by atoms with Crippen molar-refractivity contribution in [3.8, 4) is 0 Å². The van der Waals surface area contributed by atoms with Gasteiger partial charge in [0, 0.05) is 28.7 Å². The van der Waals surface area contributed by atoms with Crippen LogP contribution in [0.15, 0.2) is 16.1 Å². The Labute approximate surface area is 77.8 Å². The van der Waals surface area contributed by atoms with Crippen LogP contribution in [-0.2, 0) is 0 Å². The van der Waals surface area contributed by atoms with Gasteiger partial charge in [-0.05, 0) is 26.7 Å². The minimum absolute atomic E-state index is 0.125. The van der Waals surface area contributed by atoms with Crippen molar-refractivity contribution in [2.24, 2.45) is 4.99 Å². The van der Waals surface area contributed by atoms with E-state index >= 15 is 0 Å². The quantitative estimate of drug-likeness (QED) is 0.731. The van der Waals surface area contributed by atoms with E-state index in [1.165, 1.54) is 4.91 Å². The molecule has 0 bridgehead atoms. The third-order valence-electron chi connectivity index (χ3n) is 1.58. The zero-order valence-electron chi connectivity index (χ0n) is 7.58. The largest absolute Gasteiger partial charge is 0.396 e. The molecule has 68 valence electrons. The molecule has 1 aliphatic heterocycles. The van der Waals surface area contributed by atoms with Crippen molar-refractivity contribution in [3.05, 3.63) is 11.1 Å². The molecule has 0 unspecified atom stereocenters. The minimum atomic E-state index is 0.125. The fourth-order valence-electron chi connectivity index (χ4n) is 1.06. The van der Waals surface area contributed by atoms with Crippen molar-refractivity contribution < 1.29 is 5.11 Å². The van der Waals surface area contributed by atoms with Crippen molar-refractivity contribution in [1.29, 1.82) is 0 Å². The van der Waals surface area contributed by atoms with Gasteiger partial charge >= 0.3 is 0 Å². The first kappa shape index (κ1) is 9.81. The molecule has 0 fully saturated rings. The molecule has 3 heteroatoms. The van der Waals surface area contributed by atoms with Crippen LogP contribution in [0.4, 0.5) is 0 Å². The van der Waals surface area contributed by atoms with Crippen LogP contribution >= 0.6 is 11.8 Å². The van der Waals surface area contributed by atoms with E-state index in [4.69, 9.17) is 5.11 Å². The van der Waals surface area contributed by atoms with Gasteiger partial charge in [0.25, 0.3) is 0 Å². The van der Waals surface area contributed by atoms with Crippen LogP contribution in [0, 0.1) is 0 Å². The molecule has 1 N–H and O–H groups in total. The average Bonchev–Trinajstić information content (AvgIpc) is 1.99. The van der Waals surface area contributed by atoms with E-state index in [9.17, 15) is 0 Å². The molecule has 1 rings (SSSR count). The zero-order chi connectivity index (χ0) is 9.03. The summed E-state index contributed by atoms with van der Waals surface area (Å²) in [6.45, 7) is 4.56. The smallest absolute Gasteiger partial charge is 0.0499 e. The van der Waals surface area contributed by atoms with Gasteiger partial charge in [0.05, 0.1) is 0 Å². The van der Waals surface area contributed by atoms with Gasteiger partial charge < -0.3 is 5.11 Å². The molecular formula is C9H15NOS. The second-order valence-corrected chi connectivity index (χ2v) is 5.19. The van der Waals surface area contributed by atoms with Crippen LogP contribution in [0.3, 0.4) is 0 Å². The Morgan fingerprint density at radius 1 is 1.58 bits per heavy atom. The van der Waals surface area contributed by atoms with Crippen molar-refractivity contribution in [2.75, 3.05) is 6.61 Å². The molecule has 0 saturated heterocycles. The Balaban J connectivity index is 2.46. The average molecular weight is 185 g/mol. The van der Waals surface area contributed by atoms with E-state index in [1.54, 1.807) is 0 Å². The molecule has 0 aromatic carbocycles. The lowest BCUT2D eigenvalue weighted by Gasteiger charge is -2.22. The Bertz CT molecular complexity index is 209. The summed E-state index contributed by atoms with van der Waals surface area (Å²) < 4.78 is 0.125. The number of thioether (sulfide) groups is 1. The maximum Gasteiger partial charge on any atom is 0.0499 e. The highest BCUT2D eigenvalue weighted by atomic mass is 32.2. The summed E-state index contributed by atoms with van der Waals surface area (Å²) in [7, 11) is 0. The summed E-state index contributed by atoms with van der Waals surface area (Å²) in [5.74, 6) is 0. The first-order chi connectivity index (χ1) is 5.64. The lowest BCUT2D eigenvalue weighted by Crippen LogP contribution is -2.18. The number of rotatable bonds is 3. The summed E-state index contributed by atoms with van der Waals surface area (Å²) in [5, 5.41) is 8.65. The van der Waals surface area contributed by atoms with Crippen molar-refractivity contribution in [2.45, 2.75) is 31.4 Å². The molecule has 12 heavy (non-hydrogen) atoms. The summed E-state index contributed by atoms with van der Waals surface area (Å²) in [5.41, 5.74) is 0. The molecule has 0 saturated carbocycles. The van der Waals surface area contributed by atoms with Crippen molar-refractivity contribution in [1.82, 2.24) is 0 Å². The van der Waals surface area contributed by atoms with Crippen LogP contribution < -0.4 is 0 Å². The molecule has 2 nitrogen and oxygen atoms in total. The lowest BCUT2D eigenvalue weighted by atomic mass is 10.2. The predicted molar refractivity (Wildman–Crippen MR) is 54.6 cm³/mol. The Hall–Kier alpha value is -0.280. The third-order valence-corrected chi connectivity index (χ3v) is 2.78. The number of allylic oxidation sites excluding steroid dienone is 1. The molecule has 0 aromatic rings. The molecular weight excluding hydrogens is 170 g/mol. The Morgan fingerprint density at radius 3 is 2.92 bits per heavy atom. The molecule has 0 aliphatic carbocycles. The summed E-state index contributed by atoms with van der Waals surface area (Å²) in [4.78, 5) is 5.45. The highest BCUT2D eigenvalue weighted by Crippen LogP contribution is 2.35. The van der Waals surface area contributed by atoms with Gasteiger partial charge in [-0.15, -0.1) is 11.8 Å². The normalized spacial score (nSPS) is 20.8. The second kappa shape index (κ2) is 4.10. The number of aliphatic hydroxyl groups is 1. The van der Waals surface area contributed by atoms with Gasteiger partial charge in [-0.1, -0.05) is 0 Å². The van der Waals surface area contributed by atoms with Crippen LogP contribution in [-0.4, -0.2) is 22.7 Å². The van der Waals surface area contributed by atoms with Gasteiger partial charge in [0.1, 0.15) is 0 Å². The Kier molecular flexibility index (Phi) is 3.35. The van der Waals surface area contributed by atoms with Gasteiger partial charge in [-0.3, -0.25) is 4.99 Å². The highest BCUT2D eigenvalue weighted by molar-refractivity contribution is 8.05. The molecule has 0 atom stereocenters. The fraction of sp³-hybridized carbons (Fsp3) is 0.667. The monoisotopic (exact) mass is 185 g/mol. The first-order valence-corrected chi connectivity index (χ1v) is 4.99. The van der Waals surface area contributed by atoms with Crippen LogP contribution in [0.2, 0.25) is 0 Å². The summed E-state index contributed by atoms with van der Waals surface area (Å²) >= 11 is 1.83. The molecule has 0 spiro atoms. The van der Waals surface area contributed by atoms with E-state index < -0.39 is 0 Å². The van der Waals surface area contributed by atoms with Gasteiger partial charge in [0.2, 0.25) is 0 Å². The number of hydrogen-bond donors (Lipinski definition) is 1. The maximum atomic E-state index is 8.65. The van der Waals surface area contributed by atoms with Crippen LogP contribution in [0.25, 0.3) is 0 Å². The molecule has 0 aromatic heterocycles. The first-order valence-electron chi connectivity index (χ1n) is 4.17. The predicted octanol–water partition coefficient (Wildman–Crippen LogP) is 2.20. The number of nitrogens with zero attached hydrogens (tertiary/aromatic N) is 1. The molecule has 0 radical (unpaired) electrons. The topological polar surface area (TPSA) is 32.6 Å².